The van der Waals surface area contributed by atoms with Crippen molar-refractivity contribution in [1.82, 2.24) is 4.98 Å². The van der Waals surface area contributed by atoms with E-state index in [0.717, 1.165) is 16.3 Å². The maximum Gasteiger partial charge on any atom is 0.0569 e. The first-order valence-electron chi connectivity index (χ1n) is 5.08. The Morgan fingerprint density at radius 1 is 1.47 bits per heavy atom. The zero-order valence-electron chi connectivity index (χ0n) is 9.18. The molecule has 4 heteroatoms. The molecule has 0 aliphatic rings. The van der Waals surface area contributed by atoms with E-state index in [1.54, 1.807) is 11.8 Å². The molecule has 84 valence electrons. The van der Waals surface area contributed by atoms with Gasteiger partial charge in [-0.15, -0.1) is 11.8 Å². The highest BCUT2D eigenvalue weighted by atomic mass is 32.2. The lowest BCUT2D eigenvalue weighted by Crippen LogP contribution is -2.07. The van der Waals surface area contributed by atoms with Gasteiger partial charge in [0.25, 0.3) is 0 Å². The molecule has 1 heterocycles. The third-order valence-corrected chi connectivity index (χ3v) is 3.38. The van der Waals surface area contributed by atoms with Gasteiger partial charge >= 0.3 is 0 Å². The quantitative estimate of drug-likeness (QED) is 0.752. The number of aliphatic hydroxyl groups excluding tert-OH is 1. The average molecular weight is 226 g/mol. The first kappa shape index (κ1) is 12.5. The Labute approximate surface area is 95.1 Å². The lowest BCUT2D eigenvalue weighted by atomic mass is 10.2. The zero-order chi connectivity index (χ0) is 11.3. The van der Waals surface area contributed by atoms with E-state index in [4.69, 9.17) is 10.8 Å². The van der Waals surface area contributed by atoms with Gasteiger partial charge in [-0.1, -0.05) is 6.92 Å². The maximum absolute atomic E-state index is 8.88. The highest BCUT2D eigenvalue weighted by molar-refractivity contribution is 7.99. The molecule has 0 aliphatic heterocycles. The van der Waals surface area contributed by atoms with E-state index in [9.17, 15) is 0 Å². The van der Waals surface area contributed by atoms with Crippen LogP contribution in [0.5, 0.6) is 0 Å². The second kappa shape index (κ2) is 6.10. The molecule has 0 radical (unpaired) electrons. The van der Waals surface area contributed by atoms with Crippen LogP contribution in [0.4, 0.5) is 0 Å². The van der Waals surface area contributed by atoms with Crippen molar-refractivity contribution < 1.29 is 5.11 Å². The van der Waals surface area contributed by atoms with Gasteiger partial charge in [0.1, 0.15) is 0 Å². The Morgan fingerprint density at radius 3 is 2.67 bits per heavy atom. The molecular weight excluding hydrogens is 208 g/mol. The largest absolute Gasteiger partial charge is 0.396 e. The lowest BCUT2D eigenvalue weighted by Gasteiger charge is -2.08. The molecule has 1 aromatic heterocycles. The van der Waals surface area contributed by atoms with Crippen molar-refractivity contribution in [2.24, 2.45) is 11.7 Å². The van der Waals surface area contributed by atoms with Crippen LogP contribution in [0.3, 0.4) is 0 Å². The van der Waals surface area contributed by atoms with E-state index in [-0.39, 0.29) is 12.6 Å². The number of nitrogens with zero attached hydrogens (tertiary/aromatic N) is 1. The number of thioether (sulfide) groups is 1. The number of aromatic nitrogens is 1. The second-order valence-electron chi connectivity index (χ2n) is 3.81. The van der Waals surface area contributed by atoms with Gasteiger partial charge in [-0.05, 0) is 25.0 Å². The number of rotatable bonds is 5. The van der Waals surface area contributed by atoms with Crippen LogP contribution >= 0.6 is 11.8 Å². The topological polar surface area (TPSA) is 59.1 Å². The molecule has 0 saturated heterocycles. The third kappa shape index (κ3) is 4.20. The third-order valence-electron chi connectivity index (χ3n) is 2.07. The summed E-state index contributed by atoms with van der Waals surface area (Å²) < 4.78 is 0. The van der Waals surface area contributed by atoms with Crippen LogP contribution < -0.4 is 5.73 Å². The Balaban J connectivity index is 2.50. The van der Waals surface area contributed by atoms with Gasteiger partial charge in [0.05, 0.1) is 5.69 Å². The van der Waals surface area contributed by atoms with Crippen molar-refractivity contribution in [2.45, 2.75) is 24.8 Å². The van der Waals surface area contributed by atoms with Crippen molar-refractivity contribution in [2.75, 3.05) is 12.4 Å². The Hall–Kier alpha value is -0.580. The number of nitrogens with two attached hydrogens (primary N) is 1. The summed E-state index contributed by atoms with van der Waals surface area (Å²) in [6, 6.07) is 3.97. The minimum Gasteiger partial charge on any atom is -0.396 e. The summed E-state index contributed by atoms with van der Waals surface area (Å²) in [5, 5.41) is 8.88. The summed E-state index contributed by atoms with van der Waals surface area (Å²) in [6.07, 6.45) is 1.84. The Kier molecular flexibility index (Phi) is 5.08. The van der Waals surface area contributed by atoms with Crippen LogP contribution in [-0.4, -0.2) is 22.5 Å². The Morgan fingerprint density at radius 2 is 2.20 bits per heavy atom. The van der Waals surface area contributed by atoms with E-state index in [0.29, 0.717) is 5.92 Å². The fourth-order valence-electron chi connectivity index (χ4n) is 1.04. The standard InChI is InChI=1S/C11H18N2OS/c1-8(6-14)7-15-10-3-4-11(9(2)12)13-5-10/h3-5,8-9,14H,6-7,12H2,1-2H3. The molecule has 0 spiro atoms. The van der Waals surface area contributed by atoms with Crippen LogP contribution in [0.15, 0.2) is 23.2 Å². The van der Waals surface area contributed by atoms with Crippen LogP contribution in [0.1, 0.15) is 25.6 Å². The summed E-state index contributed by atoms with van der Waals surface area (Å²) in [5.41, 5.74) is 6.62. The number of pyridine rings is 1. The van der Waals surface area contributed by atoms with Gasteiger partial charge in [-0.3, -0.25) is 4.98 Å². The smallest absolute Gasteiger partial charge is 0.0569 e. The highest BCUT2D eigenvalue weighted by Gasteiger charge is 2.03. The molecule has 0 aromatic carbocycles. The van der Waals surface area contributed by atoms with Crippen molar-refractivity contribution in [1.29, 1.82) is 0 Å². The predicted octanol–water partition coefficient (Wildman–Crippen LogP) is 1.82. The van der Waals surface area contributed by atoms with Gasteiger partial charge in [-0.2, -0.15) is 0 Å². The highest BCUT2D eigenvalue weighted by Crippen LogP contribution is 2.20. The molecule has 0 amide bonds. The minimum atomic E-state index is -0.0135. The SMILES string of the molecule is CC(CO)CSc1ccc(C(C)N)nc1. The average Bonchev–Trinajstić information content (AvgIpc) is 2.26. The molecule has 2 atom stereocenters. The number of hydrogen-bond acceptors (Lipinski definition) is 4. The molecular formula is C11H18N2OS. The summed E-state index contributed by atoms with van der Waals surface area (Å²) >= 11 is 1.71. The summed E-state index contributed by atoms with van der Waals surface area (Å²) in [5.74, 6) is 1.23. The zero-order valence-corrected chi connectivity index (χ0v) is 10.00. The van der Waals surface area contributed by atoms with Crippen molar-refractivity contribution in [3.63, 3.8) is 0 Å². The Bertz CT molecular complexity index is 287. The number of hydrogen-bond donors (Lipinski definition) is 2. The van der Waals surface area contributed by atoms with E-state index >= 15 is 0 Å². The fourth-order valence-corrected chi connectivity index (χ4v) is 1.91. The molecule has 0 saturated carbocycles. The van der Waals surface area contributed by atoms with E-state index in [1.807, 2.05) is 32.2 Å². The molecule has 2 unspecified atom stereocenters. The maximum atomic E-state index is 8.88. The number of aliphatic hydroxyl groups is 1. The predicted molar refractivity (Wildman–Crippen MR) is 63.8 cm³/mol. The normalized spacial score (nSPS) is 14.9. The van der Waals surface area contributed by atoms with Gasteiger partial charge < -0.3 is 10.8 Å². The van der Waals surface area contributed by atoms with Gasteiger partial charge in [0, 0.05) is 29.5 Å². The van der Waals surface area contributed by atoms with Gasteiger partial charge in [0.2, 0.25) is 0 Å². The van der Waals surface area contributed by atoms with Gasteiger partial charge in [-0.25, -0.2) is 0 Å². The van der Waals surface area contributed by atoms with Crippen LogP contribution in [0, 0.1) is 5.92 Å². The summed E-state index contributed by atoms with van der Waals surface area (Å²) in [7, 11) is 0. The first-order chi connectivity index (χ1) is 7.13. The first-order valence-corrected chi connectivity index (χ1v) is 6.07. The van der Waals surface area contributed by atoms with Crippen molar-refractivity contribution in [3.8, 4) is 0 Å². The fraction of sp³-hybridized carbons (Fsp3) is 0.545. The van der Waals surface area contributed by atoms with Gasteiger partial charge in [0.15, 0.2) is 0 Å². The van der Waals surface area contributed by atoms with Crippen LogP contribution in [0.25, 0.3) is 0 Å². The molecule has 15 heavy (non-hydrogen) atoms. The second-order valence-corrected chi connectivity index (χ2v) is 4.90. The molecule has 3 N–H and O–H groups in total. The van der Waals surface area contributed by atoms with Crippen LogP contribution in [0.2, 0.25) is 0 Å². The minimum absolute atomic E-state index is 0.0135. The van der Waals surface area contributed by atoms with Crippen LogP contribution in [-0.2, 0) is 0 Å². The molecule has 1 rings (SSSR count). The van der Waals surface area contributed by atoms with Crippen molar-refractivity contribution >= 4 is 11.8 Å². The molecule has 0 bridgehead atoms. The molecule has 0 aliphatic carbocycles. The lowest BCUT2D eigenvalue weighted by molar-refractivity contribution is 0.250. The van der Waals surface area contributed by atoms with E-state index in [2.05, 4.69) is 4.98 Å². The molecule has 1 aromatic rings. The van der Waals surface area contributed by atoms with E-state index in [1.165, 1.54) is 0 Å². The summed E-state index contributed by atoms with van der Waals surface area (Å²) in [4.78, 5) is 5.40. The monoisotopic (exact) mass is 226 g/mol. The van der Waals surface area contributed by atoms with E-state index < -0.39 is 0 Å². The molecule has 0 fully saturated rings. The van der Waals surface area contributed by atoms with Crippen molar-refractivity contribution in [3.05, 3.63) is 24.0 Å². The molecule has 3 nitrogen and oxygen atoms in total. The summed E-state index contributed by atoms with van der Waals surface area (Å²) in [6.45, 7) is 4.18.